The van der Waals surface area contributed by atoms with Crippen LogP contribution in [-0.4, -0.2) is 58.8 Å². The van der Waals surface area contributed by atoms with Crippen molar-refractivity contribution in [3.05, 3.63) is 192 Å². The van der Waals surface area contributed by atoms with Gasteiger partial charge in [-0.2, -0.15) is 10.2 Å². The molecule has 0 saturated carbocycles. The molecule has 0 fully saturated rings. The number of hydrogen-bond donors (Lipinski definition) is 2. The maximum absolute atomic E-state index is 11.1. The van der Waals surface area contributed by atoms with Crippen molar-refractivity contribution in [2.75, 3.05) is 24.3 Å². The van der Waals surface area contributed by atoms with Crippen LogP contribution in [0.5, 0.6) is 0 Å². The Bertz CT molecular complexity index is 3090. The number of ether oxygens (including phenoxy) is 2. The molecule has 2 aromatic heterocycles. The molecule has 0 amide bonds. The Morgan fingerprint density at radius 2 is 1.04 bits per heavy atom. The number of rotatable bonds is 18. The molecule has 0 aliphatic heterocycles. The number of nitrogens with zero attached hydrogens (tertiary/aromatic N) is 6. The Balaban J connectivity index is 0.000000200. The average Bonchev–Trinajstić information content (AvgIpc) is 3.87. The van der Waals surface area contributed by atoms with Crippen molar-refractivity contribution in [2.24, 2.45) is 0 Å². The van der Waals surface area contributed by atoms with Gasteiger partial charge >= 0.3 is 0 Å². The van der Waals surface area contributed by atoms with Crippen molar-refractivity contribution in [1.29, 1.82) is 0 Å². The first-order chi connectivity index (χ1) is 33.9. The van der Waals surface area contributed by atoms with Gasteiger partial charge in [-0.3, -0.25) is 20.2 Å². The van der Waals surface area contributed by atoms with Crippen LogP contribution in [0.25, 0.3) is 46.1 Å². The normalized spacial score (nSPS) is 11.6. The van der Waals surface area contributed by atoms with E-state index < -0.39 is 26.0 Å². The van der Waals surface area contributed by atoms with Crippen molar-refractivity contribution in [3.63, 3.8) is 0 Å². The molecule has 0 bridgehead atoms. The predicted molar refractivity (Wildman–Crippen MR) is 305 cm³/mol. The largest absolute Gasteiger partial charge is 0.399 e. The summed E-state index contributed by atoms with van der Waals surface area (Å²) in [5.74, 6) is 0. The first kappa shape index (κ1) is 53.6. The number of nitrogen functional groups attached to an aromatic ring is 1. The molecule has 71 heavy (non-hydrogen) atoms. The Kier molecular flexibility index (Phi) is 19.1. The van der Waals surface area contributed by atoms with Crippen LogP contribution in [0.15, 0.2) is 146 Å². The Morgan fingerprint density at radius 3 is 1.52 bits per heavy atom. The minimum Gasteiger partial charge on any atom is -0.399 e. The van der Waals surface area contributed by atoms with E-state index >= 15 is 0 Å². The van der Waals surface area contributed by atoms with Gasteiger partial charge in [-0.15, -0.1) is 0 Å². The minimum atomic E-state index is -1.18. The highest BCUT2D eigenvalue weighted by Gasteiger charge is 2.16. The maximum Gasteiger partial charge on any atom is 0.271 e. The lowest BCUT2D eigenvalue weighted by Gasteiger charge is -2.15. The number of nitrogens with two attached hydrogens (primary N) is 1. The number of aromatic nitrogens is 4. The molecule has 368 valence electrons. The lowest BCUT2D eigenvalue weighted by molar-refractivity contribution is -0.385. The number of hydrogen-bond acceptors (Lipinski definition) is 10. The SMILES string of the molecule is C[Si](C)(C)CCOCn1nc(/C=C/c2ccccc2)c2ccc(N)cc21.C[Si](C)(C)CCOCn1nc(/C=C/c2ccccc2)c2ccc(Nc3cccc([N+](=O)[O-])c3)cc21.O=[N+]([O-])c1cccc(I)c1. The van der Waals surface area contributed by atoms with Gasteiger partial charge in [-0.05, 0) is 106 Å². The number of anilines is 3. The summed E-state index contributed by atoms with van der Waals surface area (Å²) in [5.41, 5.74) is 14.4. The van der Waals surface area contributed by atoms with Gasteiger partial charge in [0.25, 0.3) is 11.4 Å². The van der Waals surface area contributed by atoms with Crippen molar-refractivity contribution in [3.8, 4) is 0 Å². The van der Waals surface area contributed by atoms with E-state index in [-0.39, 0.29) is 11.4 Å². The molecule has 0 spiro atoms. The van der Waals surface area contributed by atoms with Gasteiger partial charge in [0.1, 0.15) is 13.5 Å². The second kappa shape index (κ2) is 25.4. The van der Waals surface area contributed by atoms with Gasteiger partial charge in [0.15, 0.2) is 0 Å². The molecule has 0 radical (unpaired) electrons. The fourth-order valence-corrected chi connectivity index (χ4v) is 8.97. The zero-order chi connectivity index (χ0) is 51.0. The monoisotopic (exact) mass is 1100 g/mol. The third-order valence-electron chi connectivity index (χ3n) is 10.8. The highest BCUT2D eigenvalue weighted by Crippen LogP contribution is 2.28. The molecule has 6 aromatic carbocycles. The molecule has 3 N–H and O–H groups in total. The quantitative estimate of drug-likeness (QED) is 0.0210. The van der Waals surface area contributed by atoms with E-state index in [4.69, 9.17) is 25.4 Å². The summed E-state index contributed by atoms with van der Waals surface area (Å²) in [5, 5.41) is 36.2. The van der Waals surface area contributed by atoms with Crippen LogP contribution in [0.3, 0.4) is 0 Å². The molecular weight excluding hydrogens is 1040 g/mol. The van der Waals surface area contributed by atoms with Crippen molar-refractivity contribution >= 4 is 113 Å². The molecule has 0 aliphatic rings. The fourth-order valence-electron chi connectivity index (χ4n) is 6.93. The van der Waals surface area contributed by atoms with Gasteiger partial charge in [-0.25, -0.2) is 9.36 Å². The Hall–Kier alpha value is -6.78. The summed E-state index contributed by atoms with van der Waals surface area (Å²) in [6, 6.07) is 47.4. The van der Waals surface area contributed by atoms with Crippen molar-refractivity contribution in [2.45, 2.75) is 64.8 Å². The summed E-state index contributed by atoms with van der Waals surface area (Å²) in [4.78, 5) is 20.5. The summed E-state index contributed by atoms with van der Waals surface area (Å²) < 4.78 is 16.5. The van der Waals surface area contributed by atoms with Crippen LogP contribution in [-0.2, 0) is 22.9 Å². The summed E-state index contributed by atoms with van der Waals surface area (Å²) in [6.45, 7) is 16.3. The molecule has 14 nitrogen and oxygen atoms in total. The molecule has 0 atom stereocenters. The number of nitro benzene ring substituents is 2. The van der Waals surface area contributed by atoms with Crippen LogP contribution in [0.4, 0.5) is 28.4 Å². The summed E-state index contributed by atoms with van der Waals surface area (Å²) >= 11 is 2.03. The number of nitro groups is 2. The number of nitrogens with one attached hydrogen (secondary N) is 1. The molecule has 8 aromatic rings. The highest BCUT2D eigenvalue weighted by atomic mass is 127. The Labute approximate surface area is 430 Å². The molecule has 2 heterocycles. The van der Waals surface area contributed by atoms with E-state index in [0.29, 0.717) is 25.8 Å². The third kappa shape index (κ3) is 17.2. The van der Waals surface area contributed by atoms with Crippen LogP contribution < -0.4 is 11.1 Å². The van der Waals surface area contributed by atoms with Crippen LogP contribution in [0.2, 0.25) is 51.4 Å². The topological polar surface area (TPSA) is 178 Å². The van der Waals surface area contributed by atoms with Crippen molar-refractivity contribution in [1.82, 2.24) is 19.6 Å². The minimum absolute atomic E-state index is 0.0465. The van der Waals surface area contributed by atoms with E-state index in [0.717, 1.165) is 78.0 Å². The lowest BCUT2D eigenvalue weighted by Crippen LogP contribution is -2.22. The molecule has 0 saturated heterocycles. The molecule has 17 heteroatoms. The van der Waals surface area contributed by atoms with Gasteiger partial charge in [-0.1, -0.05) is 124 Å². The van der Waals surface area contributed by atoms with E-state index in [1.165, 1.54) is 24.3 Å². The third-order valence-corrected chi connectivity index (χ3v) is 14.9. The molecular formula is C54H61IN8O6Si2. The van der Waals surface area contributed by atoms with Crippen LogP contribution in [0, 0.1) is 23.8 Å². The smallest absolute Gasteiger partial charge is 0.271 e. The highest BCUT2D eigenvalue weighted by molar-refractivity contribution is 14.1. The number of halogens is 1. The van der Waals surface area contributed by atoms with Crippen molar-refractivity contribution < 1.29 is 19.3 Å². The average molecular weight is 1100 g/mol. The Morgan fingerprint density at radius 1 is 0.577 bits per heavy atom. The first-order valence-electron chi connectivity index (χ1n) is 23.2. The number of benzene rings is 6. The summed E-state index contributed by atoms with van der Waals surface area (Å²) in [7, 11) is -2.27. The number of non-ortho nitro benzene ring substituents is 2. The second-order valence-electron chi connectivity index (χ2n) is 19.1. The van der Waals surface area contributed by atoms with E-state index in [1.807, 2.05) is 135 Å². The zero-order valence-electron chi connectivity index (χ0n) is 41.0. The number of fused-ring (bicyclic) bond motifs is 2. The van der Waals surface area contributed by atoms with Gasteiger partial charge < -0.3 is 20.5 Å². The van der Waals surface area contributed by atoms with E-state index in [2.05, 4.69) is 74.9 Å². The lowest BCUT2D eigenvalue weighted by atomic mass is 10.1. The standard InChI is InChI=1S/C27H30N4O3Si.C21H27N3OSi.C6H4INO2/c1-35(2,3)17-16-34-20-30-27-19-23(28-22-10-7-11-24(18-22)31(32)33)13-14-25(27)26(29-30)15-12-21-8-5-4-6-9-21;1-26(2,3)14-13-25-16-24-21-15-18(22)10-11-19(21)20(23-24)12-9-17-7-5-4-6-8-17;7-5-2-1-3-6(4-5)8(9)10/h4-15,18-19,28H,16-17,20H2,1-3H3;4-12,15H,13-14,16,22H2,1-3H3;1-4H/b15-12+;12-9+;. The summed E-state index contributed by atoms with van der Waals surface area (Å²) in [6.07, 6.45) is 8.19. The molecule has 0 aliphatic carbocycles. The fraction of sp³-hybridized carbons (Fsp3) is 0.222. The molecule has 0 unspecified atom stereocenters. The maximum atomic E-state index is 11.1. The predicted octanol–water partition coefficient (Wildman–Crippen LogP) is 14.5. The van der Waals surface area contributed by atoms with Gasteiger partial charge in [0, 0.05) is 85.0 Å². The van der Waals surface area contributed by atoms with Gasteiger partial charge in [0.2, 0.25) is 0 Å². The van der Waals surface area contributed by atoms with Gasteiger partial charge in [0.05, 0.1) is 32.3 Å². The van der Waals surface area contributed by atoms with Crippen LogP contribution in [0.1, 0.15) is 22.5 Å². The molecule has 8 rings (SSSR count). The van der Waals surface area contributed by atoms with Crippen LogP contribution >= 0.6 is 22.6 Å². The zero-order valence-corrected chi connectivity index (χ0v) is 45.2. The van der Waals surface area contributed by atoms with E-state index in [9.17, 15) is 20.2 Å². The van der Waals surface area contributed by atoms with E-state index in [1.54, 1.807) is 12.1 Å². The second-order valence-corrected chi connectivity index (χ2v) is 31.6. The first-order valence-corrected chi connectivity index (χ1v) is 31.7.